The number of fused-ring (bicyclic) bond motifs is 1. The van der Waals surface area contributed by atoms with Gasteiger partial charge in [0.25, 0.3) is 5.56 Å². The van der Waals surface area contributed by atoms with Gasteiger partial charge in [-0.3, -0.25) is 14.2 Å². The normalized spacial score (nSPS) is 19.3. The van der Waals surface area contributed by atoms with Gasteiger partial charge in [-0.1, -0.05) is 12.8 Å². The average Bonchev–Trinajstić information content (AvgIpc) is 3.27. The molecule has 1 spiro atoms. The molecule has 3 aliphatic rings. The first-order valence-electron chi connectivity index (χ1n) is 12.1. The first kappa shape index (κ1) is 21.2. The largest absolute Gasteiger partial charge is 0.369 e. The standard InChI is InChI=1S/C25H29N7O2/c1-15-19-10-28-24(29-20-8-7-18(9-27-20)31-13-25(14-31)11-26-12-25)30-22(19)32(17-5-3-4-6-17)23(34)21(15)16(2)33/h7-10,17,26H,3-6,11-14H2,1-2H3,(H,27,28,29,30). The van der Waals surface area contributed by atoms with Crippen LogP contribution in [0, 0.1) is 12.3 Å². The quantitative estimate of drug-likeness (QED) is 0.561. The number of aromatic nitrogens is 4. The summed E-state index contributed by atoms with van der Waals surface area (Å²) in [6.45, 7) is 7.61. The highest BCUT2D eigenvalue weighted by Gasteiger charge is 2.47. The molecule has 0 radical (unpaired) electrons. The minimum atomic E-state index is -0.245. The van der Waals surface area contributed by atoms with Crippen molar-refractivity contribution in [2.24, 2.45) is 5.41 Å². The smallest absolute Gasteiger partial charge is 0.263 e. The van der Waals surface area contributed by atoms with Crippen LogP contribution in [0.15, 0.2) is 29.3 Å². The van der Waals surface area contributed by atoms with Gasteiger partial charge in [-0.2, -0.15) is 4.98 Å². The fourth-order valence-electron chi connectivity index (χ4n) is 5.72. The van der Waals surface area contributed by atoms with Crippen LogP contribution in [0.2, 0.25) is 0 Å². The van der Waals surface area contributed by atoms with E-state index < -0.39 is 0 Å². The highest BCUT2D eigenvalue weighted by molar-refractivity contribution is 5.99. The zero-order chi connectivity index (χ0) is 23.4. The Balaban J connectivity index is 1.31. The summed E-state index contributed by atoms with van der Waals surface area (Å²) in [5.74, 6) is 0.817. The van der Waals surface area contributed by atoms with Gasteiger partial charge in [0.05, 0.1) is 17.4 Å². The lowest BCUT2D eigenvalue weighted by Gasteiger charge is -2.57. The number of rotatable bonds is 5. The number of Topliss-reactive ketones (excluding diaryl/α,β-unsaturated/α-hetero) is 1. The highest BCUT2D eigenvalue weighted by Crippen LogP contribution is 2.37. The van der Waals surface area contributed by atoms with E-state index in [-0.39, 0.29) is 22.9 Å². The van der Waals surface area contributed by atoms with E-state index in [9.17, 15) is 9.59 Å². The van der Waals surface area contributed by atoms with Crippen molar-refractivity contribution in [2.75, 3.05) is 36.4 Å². The van der Waals surface area contributed by atoms with Crippen LogP contribution in [0.25, 0.3) is 11.0 Å². The van der Waals surface area contributed by atoms with E-state index in [0.717, 1.165) is 62.9 Å². The van der Waals surface area contributed by atoms with Crippen LogP contribution >= 0.6 is 0 Å². The molecule has 2 aliphatic heterocycles. The average molecular weight is 460 g/mol. The molecule has 176 valence electrons. The molecule has 9 heteroatoms. The van der Waals surface area contributed by atoms with Crippen molar-refractivity contribution in [1.82, 2.24) is 24.8 Å². The molecule has 2 N–H and O–H groups in total. The Hall–Kier alpha value is -3.33. The fourth-order valence-corrected chi connectivity index (χ4v) is 5.72. The summed E-state index contributed by atoms with van der Waals surface area (Å²) >= 11 is 0. The molecule has 3 fully saturated rings. The van der Waals surface area contributed by atoms with Gasteiger partial charge in [0, 0.05) is 49.2 Å². The number of hydrogen-bond donors (Lipinski definition) is 2. The van der Waals surface area contributed by atoms with Crippen LogP contribution in [0.4, 0.5) is 17.5 Å². The Morgan fingerprint density at radius 2 is 1.91 bits per heavy atom. The van der Waals surface area contributed by atoms with Crippen molar-refractivity contribution < 1.29 is 4.79 Å². The highest BCUT2D eigenvalue weighted by atomic mass is 16.1. The third-order valence-corrected chi connectivity index (χ3v) is 7.66. The van der Waals surface area contributed by atoms with Gasteiger partial charge in [0.1, 0.15) is 11.5 Å². The number of ketones is 1. The van der Waals surface area contributed by atoms with Crippen molar-refractivity contribution in [2.45, 2.75) is 45.6 Å². The molecule has 34 heavy (non-hydrogen) atoms. The molecule has 0 amide bonds. The second kappa shape index (κ2) is 7.87. The van der Waals surface area contributed by atoms with Crippen molar-refractivity contribution in [3.8, 4) is 0 Å². The topological polar surface area (TPSA) is 105 Å². The zero-order valence-electron chi connectivity index (χ0n) is 19.6. The monoisotopic (exact) mass is 459 g/mol. The molecule has 5 heterocycles. The molecule has 0 atom stereocenters. The first-order chi connectivity index (χ1) is 16.4. The maximum absolute atomic E-state index is 13.3. The molecule has 1 saturated carbocycles. The summed E-state index contributed by atoms with van der Waals surface area (Å²) in [4.78, 5) is 41.7. The molecule has 2 saturated heterocycles. The minimum Gasteiger partial charge on any atom is -0.369 e. The van der Waals surface area contributed by atoms with Gasteiger partial charge in [0.15, 0.2) is 5.78 Å². The van der Waals surface area contributed by atoms with Crippen molar-refractivity contribution in [3.05, 3.63) is 46.0 Å². The minimum absolute atomic E-state index is 0.0551. The predicted molar refractivity (Wildman–Crippen MR) is 131 cm³/mol. The third kappa shape index (κ3) is 3.37. The van der Waals surface area contributed by atoms with E-state index in [1.807, 2.05) is 12.3 Å². The second-order valence-corrected chi connectivity index (χ2v) is 10.1. The number of carbonyl (C=O) groups excluding carboxylic acids is 1. The zero-order valence-corrected chi connectivity index (χ0v) is 19.6. The summed E-state index contributed by atoms with van der Waals surface area (Å²) in [5, 5.41) is 7.28. The number of aryl methyl sites for hydroxylation is 1. The van der Waals surface area contributed by atoms with Crippen molar-refractivity contribution >= 4 is 34.3 Å². The summed E-state index contributed by atoms with van der Waals surface area (Å²) in [6.07, 6.45) is 7.56. The van der Waals surface area contributed by atoms with E-state index in [4.69, 9.17) is 4.98 Å². The van der Waals surface area contributed by atoms with Crippen LogP contribution in [-0.4, -0.2) is 51.5 Å². The summed E-state index contributed by atoms with van der Waals surface area (Å²) in [6, 6.07) is 4.05. The van der Waals surface area contributed by atoms with Gasteiger partial charge in [0.2, 0.25) is 5.95 Å². The number of pyridine rings is 2. The lowest BCUT2D eigenvalue weighted by molar-refractivity contribution is 0.101. The van der Waals surface area contributed by atoms with E-state index in [1.54, 1.807) is 17.7 Å². The summed E-state index contributed by atoms with van der Waals surface area (Å²) in [5.41, 5.74) is 2.80. The van der Waals surface area contributed by atoms with Crippen LogP contribution in [-0.2, 0) is 0 Å². The van der Waals surface area contributed by atoms with E-state index in [1.165, 1.54) is 6.92 Å². The molecule has 0 bridgehead atoms. The Morgan fingerprint density at radius 3 is 2.53 bits per heavy atom. The molecule has 0 aromatic carbocycles. The molecule has 3 aromatic rings. The summed E-state index contributed by atoms with van der Waals surface area (Å²) in [7, 11) is 0. The maximum Gasteiger partial charge on any atom is 0.263 e. The molecular weight excluding hydrogens is 430 g/mol. The SMILES string of the molecule is CC(=O)c1c(C)c2cnc(Nc3ccc(N4CC5(CNC5)C4)cn3)nc2n(C2CCCC2)c1=O. The Bertz CT molecular complexity index is 1330. The number of nitrogens with zero attached hydrogens (tertiary/aromatic N) is 5. The molecule has 0 unspecified atom stereocenters. The van der Waals surface area contributed by atoms with Gasteiger partial charge in [-0.15, -0.1) is 0 Å². The maximum atomic E-state index is 13.3. The van der Waals surface area contributed by atoms with Crippen molar-refractivity contribution in [3.63, 3.8) is 0 Å². The van der Waals surface area contributed by atoms with Gasteiger partial charge >= 0.3 is 0 Å². The summed E-state index contributed by atoms with van der Waals surface area (Å²) < 4.78 is 1.73. The Morgan fingerprint density at radius 1 is 1.15 bits per heavy atom. The van der Waals surface area contributed by atoms with Crippen LogP contribution < -0.4 is 21.1 Å². The van der Waals surface area contributed by atoms with E-state index in [2.05, 4.69) is 31.6 Å². The number of nitrogens with one attached hydrogen (secondary N) is 2. The molecule has 1 aliphatic carbocycles. The van der Waals surface area contributed by atoms with Gasteiger partial charge in [-0.05, 0) is 44.4 Å². The van der Waals surface area contributed by atoms with E-state index in [0.29, 0.717) is 28.4 Å². The Labute approximate surface area is 197 Å². The number of hydrogen-bond acceptors (Lipinski definition) is 8. The first-order valence-corrected chi connectivity index (χ1v) is 12.1. The number of carbonyl (C=O) groups is 1. The Kier molecular flexibility index (Phi) is 4.91. The van der Waals surface area contributed by atoms with Crippen LogP contribution in [0.3, 0.4) is 0 Å². The van der Waals surface area contributed by atoms with Gasteiger partial charge in [-0.25, -0.2) is 9.97 Å². The lowest BCUT2D eigenvalue weighted by atomic mass is 9.74. The van der Waals surface area contributed by atoms with Crippen LogP contribution in [0.5, 0.6) is 0 Å². The lowest BCUT2D eigenvalue weighted by Crippen LogP contribution is -2.71. The van der Waals surface area contributed by atoms with Crippen molar-refractivity contribution in [1.29, 1.82) is 0 Å². The van der Waals surface area contributed by atoms with E-state index >= 15 is 0 Å². The molecular formula is C25H29N7O2. The molecule has 9 nitrogen and oxygen atoms in total. The molecule has 6 rings (SSSR count). The predicted octanol–water partition coefficient (Wildman–Crippen LogP) is 2.97. The number of anilines is 3. The van der Waals surface area contributed by atoms with Crippen LogP contribution in [0.1, 0.15) is 54.6 Å². The van der Waals surface area contributed by atoms with Gasteiger partial charge < -0.3 is 15.5 Å². The third-order valence-electron chi connectivity index (χ3n) is 7.66. The second-order valence-electron chi connectivity index (χ2n) is 10.1. The molecule has 3 aromatic heterocycles. The fraction of sp³-hybridized carbons (Fsp3) is 0.480.